The lowest BCUT2D eigenvalue weighted by atomic mass is 9.97. The third kappa shape index (κ3) is 4.89. The van der Waals surface area contributed by atoms with Gasteiger partial charge in [-0.3, -0.25) is 4.90 Å². The summed E-state index contributed by atoms with van der Waals surface area (Å²) in [6.07, 6.45) is 1.02. The van der Waals surface area contributed by atoms with Gasteiger partial charge in [-0.05, 0) is 45.1 Å². The molecule has 1 fully saturated rings. The van der Waals surface area contributed by atoms with E-state index in [2.05, 4.69) is 0 Å². The first-order chi connectivity index (χ1) is 9.26. The van der Waals surface area contributed by atoms with Crippen LogP contribution >= 0.6 is 11.8 Å². The van der Waals surface area contributed by atoms with Crippen LogP contribution in [0.1, 0.15) is 40.5 Å². The number of aliphatic carboxylic acids is 1. The summed E-state index contributed by atoms with van der Waals surface area (Å²) in [6, 6.07) is -0.778. The van der Waals surface area contributed by atoms with E-state index in [1.54, 1.807) is 32.5 Å². The lowest BCUT2D eigenvalue weighted by Gasteiger charge is -2.33. The van der Waals surface area contributed by atoms with Gasteiger partial charge in [-0.1, -0.05) is 6.92 Å². The molecule has 0 aromatic heterocycles. The molecule has 1 amide bonds. The van der Waals surface area contributed by atoms with E-state index in [-0.39, 0.29) is 5.92 Å². The second kappa shape index (κ2) is 7.20. The van der Waals surface area contributed by atoms with E-state index in [0.717, 1.165) is 17.9 Å². The maximum Gasteiger partial charge on any atom is 0.411 e. The highest BCUT2D eigenvalue weighted by Gasteiger charge is 2.39. The van der Waals surface area contributed by atoms with Gasteiger partial charge in [0.2, 0.25) is 0 Å². The first kappa shape index (κ1) is 17.1. The Morgan fingerprint density at radius 2 is 2.10 bits per heavy atom. The fourth-order valence-electron chi connectivity index (χ4n) is 2.30. The number of thioether (sulfide) groups is 1. The molecule has 0 saturated carbocycles. The zero-order valence-electron chi connectivity index (χ0n) is 12.7. The van der Waals surface area contributed by atoms with Crippen LogP contribution < -0.4 is 0 Å². The highest BCUT2D eigenvalue weighted by atomic mass is 32.2. The molecule has 2 atom stereocenters. The van der Waals surface area contributed by atoms with Gasteiger partial charge in [0.25, 0.3) is 0 Å². The minimum absolute atomic E-state index is 0.0107. The highest BCUT2D eigenvalue weighted by Crippen LogP contribution is 2.30. The number of rotatable bonds is 5. The van der Waals surface area contributed by atoms with Crippen LogP contribution in [0.25, 0.3) is 0 Å². The van der Waals surface area contributed by atoms with E-state index in [9.17, 15) is 14.7 Å². The summed E-state index contributed by atoms with van der Waals surface area (Å²) in [5, 5.41) is 9.52. The van der Waals surface area contributed by atoms with Crippen LogP contribution in [0.15, 0.2) is 0 Å². The standard InChI is InChI=1S/C14H25NO4S/c1-5-7-15(13(18)19-14(2,3)4)11(12(16)17)10-6-8-20-9-10/h10-11H,5-9H2,1-4H3,(H,16,17). The average molecular weight is 303 g/mol. The molecule has 1 N–H and O–H groups in total. The van der Waals surface area contributed by atoms with Gasteiger partial charge in [0, 0.05) is 12.5 Å². The van der Waals surface area contributed by atoms with Crippen molar-refractivity contribution in [1.29, 1.82) is 0 Å². The van der Waals surface area contributed by atoms with Crippen molar-refractivity contribution in [2.24, 2.45) is 5.92 Å². The van der Waals surface area contributed by atoms with Crippen LogP contribution in [0.3, 0.4) is 0 Å². The van der Waals surface area contributed by atoms with E-state index < -0.39 is 23.7 Å². The molecule has 6 heteroatoms. The summed E-state index contributed by atoms with van der Waals surface area (Å²) in [7, 11) is 0. The van der Waals surface area contributed by atoms with Crippen LogP contribution in [0.4, 0.5) is 4.79 Å². The molecular formula is C14H25NO4S. The first-order valence-corrected chi connectivity index (χ1v) is 8.22. The van der Waals surface area contributed by atoms with Gasteiger partial charge in [-0.25, -0.2) is 9.59 Å². The van der Waals surface area contributed by atoms with Gasteiger partial charge in [-0.15, -0.1) is 0 Å². The van der Waals surface area contributed by atoms with Crippen LogP contribution in [0.5, 0.6) is 0 Å². The predicted octanol–water partition coefficient (Wildman–Crippen LogP) is 2.84. The molecule has 0 aromatic carbocycles. The molecular weight excluding hydrogens is 278 g/mol. The molecule has 1 aliphatic heterocycles. The Balaban J connectivity index is 2.89. The SMILES string of the molecule is CCCN(C(=O)OC(C)(C)C)C(C(=O)O)C1CCSC1. The lowest BCUT2D eigenvalue weighted by molar-refractivity contribution is -0.145. The van der Waals surface area contributed by atoms with Gasteiger partial charge in [-0.2, -0.15) is 11.8 Å². The van der Waals surface area contributed by atoms with E-state index in [0.29, 0.717) is 13.0 Å². The number of ether oxygens (including phenoxy) is 1. The normalized spacial score (nSPS) is 20.5. The Morgan fingerprint density at radius 3 is 2.50 bits per heavy atom. The molecule has 5 nitrogen and oxygen atoms in total. The summed E-state index contributed by atoms with van der Waals surface area (Å²) in [4.78, 5) is 25.3. The van der Waals surface area contributed by atoms with Gasteiger partial charge < -0.3 is 9.84 Å². The molecule has 0 aromatic rings. The molecule has 0 aliphatic carbocycles. The minimum atomic E-state index is -0.934. The van der Waals surface area contributed by atoms with Gasteiger partial charge >= 0.3 is 12.1 Å². The summed E-state index contributed by atoms with van der Waals surface area (Å²) in [5.74, 6) is 0.830. The first-order valence-electron chi connectivity index (χ1n) is 7.06. The van der Waals surface area contributed by atoms with Crippen LogP contribution in [-0.4, -0.2) is 51.8 Å². The molecule has 1 aliphatic rings. The van der Waals surface area contributed by atoms with Crippen molar-refractivity contribution in [3.63, 3.8) is 0 Å². The number of carboxylic acid groups (broad SMARTS) is 1. The molecule has 0 bridgehead atoms. The molecule has 0 spiro atoms. The topological polar surface area (TPSA) is 66.8 Å². The Morgan fingerprint density at radius 1 is 1.45 bits per heavy atom. The number of nitrogens with zero attached hydrogens (tertiary/aromatic N) is 1. The Hall–Kier alpha value is -0.910. The monoisotopic (exact) mass is 303 g/mol. The largest absolute Gasteiger partial charge is 0.480 e. The zero-order valence-corrected chi connectivity index (χ0v) is 13.5. The summed E-state index contributed by atoms with van der Waals surface area (Å²) in [5.41, 5.74) is -0.615. The summed E-state index contributed by atoms with van der Waals surface area (Å²) < 4.78 is 5.36. The van der Waals surface area contributed by atoms with Gasteiger partial charge in [0.15, 0.2) is 0 Å². The maximum atomic E-state index is 12.3. The van der Waals surface area contributed by atoms with Crippen molar-refractivity contribution in [1.82, 2.24) is 4.90 Å². The van der Waals surface area contributed by atoms with Crippen molar-refractivity contribution >= 4 is 23.8 Å². The smallest absolute Gasteiger partial charge is 0.411 e. The van der Waals surface area contributed by atoms with E-state index in [1.165, 1.54) is 4.90 Å². The molecule has 1 rings (SSSR count). The Bertz CT molecular complexity index is 348. The fraction of sp³-hybridized carbons (Fsp3) is 0.857. The summed E-state index contributed by atoms with van der Waals surface area (Å²) >= 11 is 1.75. The molecule has 0 radical (unpaired) electrons. The van der Waals surface area contributed by atoms with Crippen molar-refractivity contribution in [3.05, 3.63) is 0 Å². The molecule has 20 heavy (non-hydrogen) atoms. The van der Waals surface area contributed by atoms with E-state index in [1.807, 2.05) is 6.92 Å². The van der Waals surface area contributed by atoms with E-state index in [4.69, 9.17) is 4.74 Å². The number of hydrogen-bond donors (Lipinski definition) is 1. The van der Waals surface area contributed by atoms with Crippen LogP contribution in [0, 0.1) is 5.92 Å². The Kier molecular flexibility index (Phi) is 6.17. The quantitative estimate of drug-likeness (QED) is 0.846. The summed E-state index contributed by atoms with van der Waals surface area (Å²) in [6.45, 7) is 7.70. The van der Waals surface area contributed by atoms with Crippen molar-refractivity contribution in [2.45, 2.75) is 52.2 Å². The number of carbonyl (C=O) groups excluding carboxylic acids is 1. The highest BCUT2D eigenvalue weighted by molar-refractivity contribution is 7.99. The number of carboxylic acids is 1. The second-order valence-electron chi connectivity index (χ2n) is 6.08. The van der Waals surface area contributed by atoms with Gasteiger partial charge in [0.05, 0.1) is 0 Å². The van der Waals surface area contributed by atoms with Crippen LogP contribution in [0.2, 0.25) is 0 Å². The minimum Gasteiger partial charge on any atom is -0.480 e. The molecule has 1 saturated heterocycles. The fourth-order valence-corrected chi connectivity index (χ4v) is 3.58. The lowest BCUT2D eigenvalue weighted by Crippen LogP contribution is -2.51. The van der Waals surface area contributed by atoms with Crippen molar-refractivity contribution < 1.29 is 19.4 Å². The van der Waals surface area contributed by atoms with Crippen LogP contribution in [-0.2, 0) is 9.53 Å². The van der Waals surface area contributed by atoms with Crippen molar-refractivity contribution in [3.8, 4) is 0 Å². The third-order valence-corrected chi connectivity index (χ3v) is 4.28. The van der Waals surface area contributed by atoms with E-state index >= 15 is 0 Å². The van der Waals surface area contributed by atoms with Gasteiger partial charge in [0.1, 0.15) is 11.6 Å². The number of carbonyl (C=O) groups is 2. The second-order valence-corrected chi connectivity index (χ2v) is 7.23. The molecule has 2 unspecified atom stereocenters. The Labute approximate surface area is 125 Å². The maximum absolute atomic E-state index is 12.3. The molecule has 116 valence electrons. The zero-order chi connectivity index (χ0) is 15.3. The van der Waals surface area contributed by atoms with Crippen molar-refractivity contribution in [2.75, 3.05) is 18.1 Å². The number of hydrogen-bond acceptors (Lipinski definition) is 4. The third-order valence-electron chi connectivity index (χ3n) is 3.09. The predicted molar refractivity (Wildman–Crippen MR) is 80.1 cm³/mol. The average Bonchev–Trinajstić information content (AvgIpc) is 2.79. The molecule has 1 heterocycles. The number of amides is 1.